The van der Waals surface area contributed by atoms with Gasteiger partial charge in [0.1, 0.15) is 17.9 Å². The molecule has 1 aromatic carbocycles. The molecule has 6 atom stereocenters. The quantitative estimate of drug-likeness (QED) is 0.164. The largest absolute Gasteiger partial charge is 0.341 e. The number of aromatic nitrogens is 2. The Labute approximate surface area is 386 Å². The molecule has 2 aromatic rings. The second-order valence-electron chi connectivity index (χ2n) is 21.3. The van der Waals surface area contributed by atoms with Crippen molar-refractivity contribution in [2.24, 2.45) is 42.6 Å². The van der Waals surface area contributed by atoms with E-state index in [1.165, 1.54) is 11.3 Å². The Balaban J connectivity index is 1.04. The van der Waals surface area contributed by atoms with Crippen LogP contribution >= 0.6 is 0 Å². The van der Waals surface area contributed by atoms with Crippen molar-refractivity contribution in [3.05, 3.63) is 53.1 Å². The molecule has 5 heterocycles. The van der Waals surface area contributed by atoms with Crippen LogP contribution in [0.5, 0.6) is 0 Å². The van der Waals surface area contributed by atoms with E-state index in [1.54, 1.807) is 0 Å². The lowest BCUT2D eigenvalue weighted by Crippen LogP contribution is -2.62. The molecular weight excluding hydrogens is 801 g/mol. The molecule has 4 aliphatic rings. The molecule has 4 amide bonds. The Hall–Kier alpha value is -3.77. The lowest BCUT2D eigenvalue weighted by Gasteiger charge is -2.42. The molecule has 64 heavy (non-hydrogen) atoms. The molecule has 4 saturated heterocycles. The maximum absolute atomic E-state index is 14.6. The van der Waals surface area contributed by atoms with Gasteiger partial charge in [-0.2, -0.15) is 0 Å². The zero-order chi connectivity index (χ0) is 46.1. The number of piperazine rings is 2. The predicted octanol–water partition coefficient (Wildman–Crippen LogP) is 6.56. The molecule has 1 aromatic heterocycles. The van der Waals surface area contributed by atoms with Gasteiger partial charge < -0.3 is 34.8 Å². The minimum absolute atomic E-state index is 0.0526. The van der Waals surface area contributed by atoms with Crippen LogP contribution in [0.15, 0.2) is 30.3 Å². The highest BCUT2D eigenvalue weighted by Crippen LogP contribution is 2.30. The zero-order valence-electron chi connectivity index (χ0n) is 41.1. The van der Waals surface area contributed by atoms with Crippen LogP contribution in [0.3, 0.4) is 0 Å². The summed E-state index contributed by atoms with van der Waals surface area (Å²) < 4.78 is 2.21. The molecule has 4 fully saturated rings. The topological polar surface area (TPSA) is 123 Å². The number of piperidine rings is 2. The molecule has 356 valence electrons. The second-order valence-corrected chi connectivity index (χ2v) is 21.3. The Morgan fingerprint density at radius 3 is 1.66 bits per heavy atom. The zero-order valence-corrected chi connectivity index (χ0v) is 41.1. The summed E-state index contributed by atoms with van der Waals surface area (Å²) in [4.78, 5) is 69.9. The van der Waals surface area contributed by atoms with Crippen LogP contribution in [0.2, 0.25) is 0 Å². The third-order valence-electron chi connectivity index (χ3n) is 15.2. The summed E-state index contributed by atoms with van der Waals surface area (Å²) in [6, 6.07) is 9.15. The summed E-state index contributed by atoms with van der Waals surface area (Å²) in [6.07, 6.45) is 10.4. The lowest BCUT2D eigenvalue weighted by atomic mass is 9.87. The van der Waals surface area contributed by atoms with Gasteiger partial charge in [-0.05, 0) is 113 Å². The van der Waals surface area contributed by atoms with Crippen LogP contribution in [-0.2, 0) is 39.1 Å². The Morgan fingerprint density at radius 2 is 1.16 bits per heavy atom. The lowest BCUT2D eigenvalue weighted by molar-refractivity contribution is -0.150. The Morgan fingerprint density at radius 1 is 0.656 bits per heavy atom. The van der Waals surface area contributed by atoms with Crippen LogP contribution < -0.4 is 10.6 Å². The Bertz CT molecular complexity index is 1830. The number of imidazole rings is 1. The summed E-state index contributed by atoms with van der Waals surface area (Å²) >= 11 is 0. The highest BCUT2D eigenvalue weighted by atomic mass is 16.2. The van der Waals surface area contributed by atoms with Gasteiger partial charge in [0.2, 0.25) is 23.6 Å². The van der Waals surface area contributed by atoms with E-state index in [-0.39, 0.29) is 53.5 Å². The molecule has 0 saturated carbocycles. The van der Waals surface area contributed by atoms with Crippen molar-refractivity contribution in [2.45, 2.75) is 157 Å². The van der Waals surface area contributed by atoms with Crippen LogP contribution in [-0.4, -0.2) is 129 Å². The molecule has 2 unspecified atom stereocenters. The highest BCUT2D eigenvalue weighted by molar-refractivity contribution is 5.91. The van der Waals surface area contributed by atoms with Crippen molar-refractivity contribution < 1.29 is 19.2 Å². The highest BCUT2D eigenvalue weighted by Gasteiger charge is 2.41. The molecule has 12 heteroatoms. The van der Waals surface area contributed by atoms with Gasteiger partial charge in [0.15, 0.2) is 0 Å². The maximum Gasteiger partial charge on any atom is 0.245 e. The molecule has 12 nitrogen and oxygen atoms in total. The number of carbonyl (C=O) groups excluding carboxylic acids is 4. The second kappa shape index (κ2) is 23.1. The predicted molar refractivity (Wildman–Crippen MR) is 255 cm³/mol. The van der Waals surface area contributed by atoms with Crippen molar-refractivity contribution in [2.75, 3.05) is 52.4 Å². The van der Waals surface area contributed by atoms with E-state index >= 15 is 0 Å². The average molecular weight is 885 g/mol. The molecule has 0 aliphatic carbocycles. The molecular formula is C52H84N8O4. The first-order valence-electron chi connectivity index (χ1n) is 25.3. The third-order valence-corrected chi connectivity index (χ3v) is 15.2. The summed E-state index contributed by atoms with van der Waals surface area (Å²) in [6.45, 7) is 22.6. The van der Waals surface area contributed by atoms with E-state index in [1.807, 2.05) is 19.6 Å². The van der Waals surface area contributed by atoms with E-state index in [0.717, 1.165) is 82.4 Å². The maximum atomic E-state index is 14.6. The minimum atomic E-state index is -0.480. The number of likely N-dealkylation sites (tertiary alicyclic amines) is 2. The number of aryl methyl sites for hydroxylation is 1. The number of nitrogens with one attached hydrogen (secondary N) is 2. The standard InChI is InChI=1S/C52H84N8O4/c1-35(2)29-44-49(61)60(28-21-53-44)47(52(64)58-25-19-43(20-26-58)34-48-55-39(7)40(8)56(48)9)32-38(6)16-15-37(5)31-45-50(62)59(27-22-54-45)46(30-36(3)4)51(63)57-23-17-42(18-24-57)33-41-13-11-10-12-14-41/h10-14,35-38,42-47,53-54H,15-34H2,1-9H3/t37?,38?,44-,45-,46-,47-/m0/s1. The number of rotatable bonds is 19. The van der Waals surface area contributed by atoms with Crippen LogP contribution in [0.1, 0.15) is 129 Å². The summed E-state index contributed by atoms with van der Waals surface area (Å²) in [5.41, 5.74) is 3.64. The van der Waals surface area contributed by atoms with Gasteiger partial charge >= 0.3 is 0 Å². The minimum Gasteiger partial charge on any atom is -0.341 e. The van der Waals surface area contributed by atoms with E-state index < -0.39 is 12.1 Å². The van der Waals surface area contributed by atoms with Gasteiger partial charge in [0.05, 0.1) is 17.8 Å². The van der Waals surface area contributed by atoms with Gasteiger partial charge in [-0.15, -0.1) is 0 Å². The molecule has 0 bridgehead atoms. The van der Waals surface area contributed by atoms with Crippen molar-refractivity contribution in [3.8, 4) is 0 Å². The first-order chi connectivity index (χ1) is 30.6. The monoisotopic (exact) mass is 885 g/mol. The van der Waals surface area contributed by atoms with Crippen molar-refractivity contribution in [1.82, 2.24) is 39.8 Å². The fraction of sp³-hybridized carbons (Fsp3) is 0.750. The Kier molecular flexibility index (Phi) is 17.9. The van der Waals surface area contributed by atoms with Crippen LogP contribution in [0.4, 0.5) is 0 Å². The average Bonchev–Trinajstić information content (AvgIpc) is 3.51. The van der Waals surface area contributed by atoms with Gasteiger partial charge in [0, 0.05) is 71.5 Å². The van der Waals surface area contributed by atoms with Crippen molar-refractivity contribution >= 4 is 23.6 Å². The first kappa shape index (κ1) is 49.7. The van der Waals surface area contributed by atoms with E-state index in [0.29, 0.717) is 76.3 Å². The number of amides is 4. The normalized spacial score (nSPS) is 22.7. The summed E-state index contributed by atoms with van der Waals surface area (Å²) in [7, 11) is 2.10. The smallest absolute Gasteiger partial charge is 0.245 e. The van der Waals surface area contributed by atoms with Crippen molar-refractivity contribution in [3.63, 3.8) is 0 Å². The SMILES string of the molecule is Cc1nc(CC2CCN(C(=O)[C@H](CC(C)CCC(C)C[C@@H]3NCCN([C@@H](CC(C)C)C(=O)N4CCC(Cc5ccccc5)CC4)C3=O)N3CCN[C@@H](CC(C)C)C3=O)CC2)n(C)c1C. The molecule has 0 spiro atoms. The summed E-state index contributed by atoms with van der Waals surface area (Å²) in [5, 5.41) is 6.97. The summed E-state index contributed by atoms with van der Waals surface area (Å²) in [5.74, 6) is 3.63. The van der Waals surface area contributed by atoms with Gasteiger partial charge in [0.25, 0.3) is 0 Å². The van der Waals surface area contributed by atoms with E-state index in [4.69, 9.17) is 4.98 Å². The van der Waals surface area contributed by atoms with Gasteiger partial charge in [-0.1, -0.05) is 84.7 Å². The van der Waals surface area contributed by atoms with E-state index in [9.17, 15) is 19.2 Å². The van der Waals surface area contributed by atoms with Crippen LogP contribution in [0, 0.1) is 49.4 Å². The number of benzene rings is 1. The molecule has 6 rings (SSSR count). The van der Waals surface area contributed by atoms with E-state index in [2.05, 4.69) is 108 Å². The first-order valence-corrected chi connectivity index (χ1v) is 25.3. The number of hydrogen-bond donors (Lipinski definition) is 2. The van der Waals surface area contributed by atoms with Gasteiger partial charge in [-0.25, -0.2) is 4.98 Å². The van der Waals surface area contributed by atoms with Gasteiger partial charge in [-0.3, -0.25) is 19.2 Å². The molecule has 2 N–H and O–H groups in total. The third kappa shape index (κ3) is 13.0. The molecule has 4 aliphatic heterocycles. The number of hydrogen-bond acceptors (Lipinski definition) is 7. The fourth-order valence-electron chi connectivity index (χ4n) is 11.0. The molecule has 0 radical (unpaired) electrons. The fourth-order valence-corrected chi connectivity index (χ4v) is 11.0. The number of nitrogens with zero attached hydrogens (tertiary/aromatic N) is 6. The van der Waals surface area contributed by atoms with Crippen molar-refractivity contribution in [1.29, 1.82) is 0 Å². The number of carbonyl (C=O) groups is 4. The van der Waals surface area contributed by atoms with Crippen LogP contribution in [0.25, 0.3) is 0 Å².